The van der Waals surface area contributed by atoms with Crippen LogP contribution in [0.4, 0.5) is 5.69 Å². The van der Waals surface area contributed by atoms with Gasteiger partial charge in [-0.2, -0.15) is 5.26 Å². The van der Waals surface area contributed by atoms with E-state index in [-0.39, 0.29) is 6.04 Å². The molecule has 0 bridgehead atoms. The third kappa shape index (κ3) is 2.72. The third-order valence-corrected chi connectivity index (χ3v) is 3.83. The van der Waals surface area contributed by atoms with Gasteiger partial charge >= 0.3 is 0 Å². The van der Waals surface area contributed by atoms with Gasteiger partial charge in [-0.15, -0.1) is 11.3 Å². The van der Waals surface area contributed by atoms with Crippen molar-refractivity contribution in [2.75, 3.05) is 5.32 Å². The summed E-state index contributed by atoms with van der Waals surface area (Å²) in [6, 6.07) is 14.3. The van der Waals surface area contributed by atoms with Crippen LogP contribution in [-0.2, 0) is 0 Å². The lowest BCUT2D eigenvalue weighted by Gasteiger charge is -2.23. The molecule has 1 heterocycles. The lowest BCUT2D eigenvalue weighted by atomic mass is 10.0. The standard InChI is InChI=1S/C15H16N2S/c1-11(2)15(14-8-5-9-18-14)17-13-7-4-3-6-12(13)10-16/h3-9,11,15,17H,1-2H3. The Kier molecular flexibility index (Phi) is 4.01. The summed E-state index contributed by atoms with van der Waals surface area (Å²) in [7, 11) is 0. The number of benzene rings is 1. The van der Waals surface area contributed by atoms with E-state index in [1.54, 1.807) is 11.3 Å². The van der Waals surface area contributed by atoms with Gasteiger partial charge in [-0.25, -0.2) is 0 Å². The van der Waals surface area contributed by atoms with Crippen LogP contribution in [0, 0.1) is 17.2 Å². The maximum absolute atomic E-state index is 9.11. The first-order valence-electron chi connectivity index (χ1n) is 6.01. The molecule has 3 heteroatoms. The highest BCUT2D eigenvalue weighted by molar-refractivity contribution is 7.10. The van der Waals surface area contributed by atoms with Crippen molar-refractivity contribution >= 4 is 17.0 Å². The van der Waals surface area contributed by atoms with Gasteiger partial charge in [-0.3, -0.25) is 0 Å². The molecule has 1 N–H and O–H groups in total. The van der Waals surface area contributed by atoms with E-state index in [1.165, 1.54) is 4.88 Å². The smallest absolute Gasteiger partial charge is 0.101 e. The number of para-hydroxylation sites is 1. The fraction of sp³-hybridized carbons (Fsp3) is 0.267. The zero-order valence-corrected chi connectivity index (χ0v) is 11.4. The average molecular weight is 256 g/mol. The largest absolute Gasteiger partial charge is 0.376 e. The molecular weight excluding hydrogens is 240 g/mol. The van der Waals surface area contributed by atoms with Gasteiger partial charge in [0.05, 0.1) is 17.3 Å². The quantitative estimate of drug-likeness (QED) is 0.878. The van der Waals surface area contributed by atoms with Gasteiger partial charge in [-0.1, -0.05) is 32.0 Å². The summed E-state index contributed by atoms with van der Waals surface area (Å²) in [5, 5.41) is 14.7. The second-order valence-corrected chi connectivity index (χ2v) is 5.52. The SMILES string of the molecule is CC(C)C(Nc1ccccc1C#N)c1cccs1. The molecule has 0 amide bonds. The number of rotatable bonds is 4. The number of nitrogens with one attached hydrogen (secondary N) is 1. The first-order chi connectivity index (χ1) is 8.72. The summed E-state index contributed by atoms with van der Waals surface area (Å²) in [6.45, 7) is 4.37. The monoisotopic (exact) mass is 256 g/mol. The van der Waals surface area contributed by atoms with Gasteiger partial charge < -0.3 is 5.32 Å². The summed E-state index contributed by atoms with van der Waals surface area (Å²) >= 11 is 1.75. The predicted molar refractivity (Wildman–Crippen MR) is 76.7 cm³/mol. The third-order valence-electron chi connectivity index (χ3n) is 2.87. The first kappa shape index (κ1) is 12.7. The van der Waals surface area contributed by atoms with Crippen LogP contribution < -0.4 is 5.32 Å². The van der Waals surface area contributed by atoms with E-state index >= 15 is 0 Å². The van der Waals surface area contributed by atoms with Crippen molar-refractivity contribution in [3.63, 3.8) is 0 Å². The van der Waals surface area contributed by atoms with Crippen LogP contribution >= 0.6 is 11.3 Å². The Morgan fingerprint density at radius 2 is 1.94 bits per heavy atom. The fourth-order valence-corrected chi connectivity index (χ4v) is 2.86. The van der Waals surface area contributed by atoms with Gasteiger partial charge in [0.1, 0.15) is 6.07 Å². The Labute approximate surface area is 112 Å². The summed E-state index contributed by atoms with van der Waals surface area (Å²) in [5.41, 5.74) is 1.60. The van der Waals surface area contributed by atoms with E-state index < -0.39 is 0 Å². The molecule has 0 saturated carbocycles. The molecule has 1 unspecified atom stereocenters. The van der Waals surface area contributed by atoms with Crippen LogP contribution in [0.25, 0.3) is 0 Å². The number of thiophene rings is 1. The van der Waals surface area contributed by atoms with Crippen LogP contribution in [0.5, 0.6) is 0 Å². The lowest BCUT2D eigenvalue weighted by Crippen LogP contribution is -2.16. The van der Waals surface area contributed by atoms with E-state index in [0.29, 0.717) is 11.5 Å². The van der Waals surface area contributed by atoms with Crippen LogP contribution in [0.3, 0.4) is 0 Å². The second-order valence-electron chi connectivity index (χ2n) is 4.54. The lowest BCUT2D eigenvalue weighted by molar-refractivity contribution is 0.553. The molecule has 1 aromatic carbocycles. The van der Waals surface area contributed by atoms with Crippen molar-refractivity contribution in [2.24, 2.45) is 5.92 Å². The molecule has 18 heavy (non-hydrogen) atoms. The summed E-state index contributed by atoms with van der Waals surface area (Å²) < 4.78 is 0. The molecule has 0 aliphatic carbocycles. The van der Waals surface area contributed by atoms with E-state index in [0.717, 1.165) is 5.69 Å². The van der Waals surface area contributed by atoms with Gasteiger partial charge in [0, 0.05) is 4.88 Å². The molecule has 0 radical (unpaired) electrons. The Morgan fingerprint density at radius 3 is 2.56 bits per heavy atom. The van der Waals surface area contributed by atoms with Gasteiger partial charge in [0.2, 0.25) is 0 Å². The topological polar surface area (TPSA) is 35.8 Å². The van der Waals surface area contributed by atoms with Gasteiger partial charge in [0.25, 0.3) is 0 Å². The molecule has 0 saturated heterocycles. The molecule has 1 atom stereocenters. The molecule has 0 aliphatic heterocycles. The van der Waals surface area contributed by atoms with Crippen LogP contribution in [0.15, 0.2) is 41.8 Å². The van der Waals surface area contributed by atoms with E-state index in [4.69, 9.17) is 5.26 Å². The van der Waals surface area contributed by atoms with E-state index in [9.17, 15) is 0 Å². The highest BCUT2D eigenvalue weighted by Crippen LogP contribution is 2.30. The highest BCUT2D eigenvalue weighted by atomic mass is 32.1. The van der Waals surface area contributed by atoms with Crippen molar-refractivity contribution in [3.8, 4) is 6.07 Å². The van der Waals surface area contributed by atoms with E-state index in [1.807, 2.05) is 24.3 Å². The van der Waals surface area contributed by atoms with Gasteiger partial charge in [0.15, 0.2) is 0 Å². The highest BCUT2D eigenvalue weighted by Gasteiger charge is 2.17. The Hall–Kier alpha value is -1.79. The average Bonchev–Trinajstić information content (AvgIpc) is 2.89. The van der Waals surface area contributed by atoms with Crippen molar-refractivity contribution in [3.05, 3.63) is 52.2 Å². The Morgan fingerprint density at radius 1 is 1.17 bits per heavy atom. The fourth-order valence-electron chi connectivity index (χ4n) is 1.91. The second kappa shape index (κ2) is 5.70. The van der Waals surface area contributed by atoms with Gasteiger partial charge in [-0.05, 0) is 29.5 Å². The molecule has 2 rings (SSSR count). The Bertz CT molecular complexity index is 538. The zero-order chi connectivity index (χ0) is 13.0. The molecule has 0 fully saturated rings. The molecule has 92 valence electrons. The number of anilines is 1. The van der Waals surface area contributed by atoms with Crippen molar-refractivity contribution in [1.29, 1.82) is 5.26 Å². The predicted octanol–water partition coefficient (Wildman–Crippen LogP) is 4.43. The molecule has 2 aromatic rings. The van der Waals surface area contributed by atoms with E-state index in [2.05, 4.69) is 42.7 Å². The maximum Gasteiger partial charge on any atom is 0.101 e. The normalized spacial score (nSPS) is 12.1. The first-order valence-corrected chi connectivity index (χ1v) is 6.89. The molecular formula is C15H16N2S. The molecule has 1 aromatic heterocycles. The van der Waals surface area contributed by atoms with Crippen LogP contribution in [-0.4, -0.2) is 0 Å². The van der Waals surface area contributed by atoms with Crippen molar-refractivity contribution in [1.82, 2.24) is 0 Å². The number of hydrogen-bond donors (Lipinski definition) is 1. The summed E-state index contributed by atoms with van der Waals surface area (Å²) in [5.74, 6) is 0.468. The number of nitriles is 1. The van der Waals surface area contributed by atoms with Crippen molar-refractivity contribution in [2.45, 2.75) is 19.9 Å². The molecule has 2 nitrogen and oxygen atoms in total. The van der Waals surface area contributed by atoms with Crippen LogP contribution in [0.2, 0.25) is 0 Å². The van der Waals surface area contributed by atoms with Crippen molar-refractivity contribution < 1.29 is 0 Å². The summed E-state index contributed by atoms with van der Waals surface area (Å²) in [4.78, 5) is 1.30. The molecule has 0 aliphatic rings. The minimum absolute atomic E-state index is 0.250. The summed E-state index contributed by atoms with van der Waals surface area (Å²) in [6.07, 6.45) is 0. The number of nitrogens with zero attached hydrogens (tertiary/aromatic N) is 1. The Balaban J connectivity index is 2.28. The maximum atomic E-state index is 9.11. The minimum atomic E-state index is 0.250. The van der Waals surface area contributed by atoms with Crippen LogP contribution in [0.1, 0.15) is 30.3 Å². The zero-order valence-electron chi connectivity index (χ0n) is 10.6. The molecule has 0 spiro atoms. The number of hydrogen-bond acceptors (Lipinski definition) is 3. The minimum Gasteiger partial charge on any atom is -0.376 e.